The molecule has 1 heterocycles. The van der Waals surface area contributed by atoms with E-state index in [-0.39, 0.29) is 43.0 Å². The minimum Gasteiger partial charge on any atom is -0.351 e. The van der Waals surface area contributed by atoms with Crippen molar-refractivity contribution in [3.63, 3.8) is 0 Å². The van der Waals surface area contributed by atoms with Gasteiger partial charge in [0.05, 0.1) is 10.9 Å². The summed E-state index contributed by atoms with van der Waals surface area (Å²) in [5.74, 6) is -2.93. The fourth-order valence-corrected chi connectivity index (χ4v) is 7.90. The largest absolute Gasteiger partial charge is 0.435 e. The number of alkyl halides is 7. The molecule has 2 aromatic carbocycles. The van der Waals surface area contributed by atoms with Crippen LogP contribution in [-0.4, -0.2) is 57.1 Å². The maximum Gasteiger partial charge on any atom is 0.435 e. The summed E-state index contributed by atoms with van der Waals surface area (Å²) in [5.41, 5.74) is -8.03. The molecule has 0 saturated carbocycles. The molecule has 2 amide bonds. The van der Waals surface area contributed by atoms with Crippen molar-refractivity contribution in [1.29, 1.82) is 0 Å². The molecule has 6 nitrogen and oxygen atoms in total. The molecule has 1 fully saturated rings. The van der Waals surface area contributed by atoms with Crippen molar-refractivity contribution in [2.24, 2.45) is 0 Å². The van der Waals surface area contributed by atoms with E-state index < -0.39 is 66.7 Å². The highest BCUT2D eigenvalue weighted by Crippen LogP contribution is 2.56. The molecule has 0 aromatic heterocycles. The molecule has 0 spiro atoms. The molecule has 1 N–H and O–H groups in total. The van der Waals surface area contributed by atoms with Crippen LogP contribution in [0.4, 0.5) is 35.1 Å². The van der Waals surface area contributed by atoms with Gasteiger partial charge in [0.2, 0.25) is 0 Å². The molecule has 0 bridgehead atoms. The number of rotatable bonds is 3. The number of fused-ring (bicyclic) bond motifs is 3. The molecule has 2 atom stereocenters. The molecule has 39 heavy (non-hydrogen) atoms. The standard InChI is InChI=1S/C24H20F8N2O4S/c1-33-19(35)20(36)34-11-10-21(39(37,38)16-6-4-15(25)5-7-16)17-8-3-14(12-13(17)2-9-18(21)34)22(26,23(27,28)29)24(30,31)32/h3-8,12,18H,2,9-11H2,1H3,(H,33,35)/t18-,21-/m1/s1. The van der Waals surface area contributed by atoms with Crippen LogP contribution < -0.4 is 5.32 Å². The number of amides is 2. The summed E-state index contributed by atoms with van der Waals surface area (Å²) in [6, 6.07) is 3.57. The molecular weight excluding hydrogens is 564 g/mol. The Morgan fingerprint density at radius 3 is 2.10 bits per heavy atom. The minimum absolute atomic E-state index is 0.230. The average Bonchev–Trinajstić information content (AvgIpc) is 3.27. The van der Waals surface area contributed by atoms with Gasteiger partial charge < -0.3 is 10.2 Å². The summed E-state index contributed by atoms with van der Waals surface area (Å²) in [5, 5.41) is 2.12. The van der Waals surface area contributed by atoms with Gasteiger partial charge in [-0.15, -0.1) is 0 Å². The molecule has 2 aliphatic rings. The molecule has 1 saturated heterocycles. The molecule has 0 radical (unpaired) electrons. The van der Waals surface area contributed by atoms with Gasteiger partial charge in [0, 0.05) is 19.2 Å². The van der Waals surface area contributed by atoms with Gasteiger partial charge >= 0.3 is 29.8 Å². The Bertz CT molecular complexity index is 1410. The summed E-state index contributed by atoms with van der Waals surface area (Å²) in [7, 11) is -3.46. The summed E-state index contributed by atoms with van der Waals surface area (Å²) in [6.07, 6.45) is -13.7. The van der Waals surface area contributed by atoms with Gasteiger partial charge in [0.15, 0.2) is 9.84 Å². The first kappa shape index (κ1) is 28.8. The lowest BCUT2D eigenvalue weighted by Gasteiger charge is -2.43. The van der Waals surface area contributed by atoms with Gasteiger partial charge in [0.25, 0.3) is 0 Å². The van der Waals surface area contributed by atoms with E-state index in [0.717, 1.165) is 29.2 Å². The highest BCUT2D eigenvalue weighted by atomic mass is 32.2. The number of hydrogen-bond acceptors (Lipinski definition) is 4. The van der Waals surface area contributed by atoms with Crippen molar-refractivity contribution in [3.05, 3.63) is 65.0 Å². The van der Waals surface area contributed by atoms with Crippen molar-refractivity contribution in [3.8, 4) is 0 Å². The van der Waals surface area contributed by atoms with Crippen molar-refractivity contribution >= 4 is 21.7 Å². The number of nitrogens with one attached hydrogen (secondary N) is 1. The Hall–Kier alpha value is -3.23. The zero-order valence-electron chi connectivity index (χ0n) is 20.0. The zero-order chi connectivity index (χ0) is 29.2. The van der Waals surface area contributed by atoms with Gasteiger partial charge in [-0.3, -0.25) is 9.59 Å². The number of aryl methyl sites for hydroxylation is 1. The first-order valence-electron chi connectivity index (χ1n) is 11.4. The van der Waals surface area contributed by atoms with Crippen LogP contribution in [0.25, 0.3) is 0 Å². The molecule has 15 heteroatoms. The second kappa shape index (κ2) is 9.17. The Morgan fingerprint density at radius 1 is 0.974 bits per heavy atom. The van der Waals surface area contributed by atoms with Gasteiger partial charge in [0.1, 0.15) is 10.6 Å². The number of likely N-dealkylation sites (N-methyl/N-ethyl adjacent to an activating group) is 1. The summed E-state index contributed by atoms with van der Waals surface area (Å²) >= 11 is 0. The fraction of sp³-hybridized carbons (Fsp3) is 0.417. The van der Waals surface area contributed by atoms with Crippen molar-refractivity contribution in [2.45, 2.75) is 53.0 Å². The average molecular weight is 584 g/mol. The number of carbonyl (C=O) groups is 2. The third-order valence-corrected chi connectivity index (χ3v) is 9.90. The molecule has 212 valence electrons. The number of halogens is 8. The first-order chi connectivity index (χ1) is 17.9. The highest BCUT2D eigenvalue weighted by Gasteiger charge is 2.73. The molecule has 1 aliphatic heterocycles. The van der Waals surface area contributed by atoms with Gasteiger partial charge in [-0.25, -0.2) is 17.2 Å². The van der Waals surface area contributed by atoms with Crippen LogP contribution in [0, 0.1) is 5.82 Å². The van der Waals surface area contributed by atoms with Crippen LogP contribution in [0.1, 0.15) is 29.5 Å². The lowest BCUT2D eigenvalue weighted by molar-refractivity contribution is -0.348. The number of likely N-dealkylation sites (tertiary alicyclic amines) is 1. The normalized spacial score (nSPS) is 21.8. The summed E-state index contributed by atoms with van der Waals surface area (Å²) < 4.78 is 135. The lowest BCUT2D eigenvalue weighted by Crippen LogP contribution is -2.54. The van der Waals surface area contributed by atoms with E-state index in [0.29, 0.717) is 12.1 Å². The fourth-order valence-electron chi connectivity index (χ4n) is 5.53. The summed E-state index contributed by atoms with van der Waals surface area (Å²) in [6.45, 7) is -0.295. The SMILES string of the molecule is CNC(=O)C(=O)N1CC[C@@]2(S(=O)(=O)c3ccc(F)cc3)c3ccc(C(F)(C(F)(F)F)C(F)(F)F)cc3CC[C@@H]12. The first-order valence-corrected chi connectivity index (χ1v) is 12.9. The van der Waals surface area contributed by atoms with Crippen LogP contribution in [0.2, 0.25) is 0 Å². The Labute approximate surface area is 216 Å². The number of benzene rings is 2. The Balaban J connectivity index is 1.96. The topological polar surface area (TPSA) is 83.6 Å². The van der Waals surface area contributed by atoms with Crippen LogP contribution in [-0.2, 0) is 36.3 Å². The second-order valence-corrected chi connectivity index (χ2v) is 11.5. The zero-order valence-corrected chi connectivity index (χ0v) is 20.8. The van der Waals surface area contributed by atoms with Crippen LogP contribution in [0.5, 0.6) is 0 Å². The molecule has 0 unspecified atom stereocenters. The maximum absolute atomic E-state index is 14.8. The van der Waals surface area contributed by atoms with Crippen LogP contribution >= 0.6 is 0 Å². The van der Waals surface area contributed by atoms with Gasteiger partial charge in [-0.2, -0.15) is 26.3 Å². The van der Waals surface area contributed by atoms with E-state index >= 15 is 0 Å². The number of carbonyl (C=O) groups excluding carboxylic acids is 2. The Morgan fingerprint density at radius 2 is 1.56 bits per heavy atom. The predicted octanol–water partition coefficient (Wildman–Crippen LogP) is 4.08. The molecular formula is C24H20F8N2O4S. The third-order valence-electron chi connectivity index (χ3n) is 7.35. The van der Waals surface area contributed by atoms with E-state index in [1.165, 1.54) is 7.05 Å². The Kier molecular flexibility index (Phi) is 6.76. The summed E-state index contributed by atoms with van der Waals surface area (Å²) in [4.78, 5) is 25.4. The quantitative estimate of drug-likeness (QED) is 0.335. The minimum atomic E-state index is -6.38. The lowest BCUT2D eigenvalue weighted by atomic mass is 9.76. The second-order valence-electron chi connectivity index (χ2n) is 9.25. The number of hydrogen-bond donors (Lipinski definition) is 1. The van der Waals surface area contributed by atoms with Crippen LogP contribution in [0.15, 0.2) is 47.4 Å². The van der Waals surface area contributed by atoms with Crippen molar-refractivity contribution < 1.29 is 53.1 Å². The van der Waals surface area contributed by atoms with E-state index in [9.17, 15) is 53.1 Å². The van der Waals surface area contributed by atoms with Crippen molar-refractivity contribution in [2.75, 3.05) is 13.6 Å². The monoisotopic (exact) mass is 584 g/mol. The van der Waals surface area contributed by atoms with E-state index in [1.54, 1.807) is 0 Å². The third kappa shape index (κ3) is 4.07. The van der Waals surface area contributed by atoms with Crippen molar-refractivity contribution in [1.82, 2.24) is 10.2 Å². The maximum atomic E-state index is 14.8. The predicted molar refractivity (Wildman–Crippen MR) is 119 cm³/mol. The van der Waals surface area contributed by atoms with E-state index in [4.69, 9.17) is 0 Å². The van der Waals surface area contributed by atoms with Gasteiger partial charge in [-0.1, -0.05) is 18.2 Å². The molecule has 4 rings (SSSR count). The van der Waals surface area contributed by atoms with Crippen LogP contribution in [0.3, 0.4) is 0 Å². The number of nitrogens with zero attached hydrogens (tertiary/aromatic N) is 1. The van der Waals surface area contributed by atoms with Gasteiger partial charge in [-0.05, 0) is 54.7 Å². The van der Waals surface area contributed by atoms with E-state index in [1.807, 2.05) is 0 Å². The smallest absolute Gasteiger partial charge is 0.351 e. The highest BCUT2D eigenvalue weighted by molar-refractivity contribution is 7.92. The molecule has 2 aromatic rings. The molecule has 1 aliphatic carbocycles. The van der Waals surface area contributed by atoms with E-state index in [2.05, 4.69) is 5.32 Å². The number of sulfone groups is 1.